The highest BCUT2D eigenvalue weighted by molar-refractivity contribution is 5.82. The molecule has 0 unspecified atom stereocenters. The predicted molar refractivity (Wildman–Crippen MR) is 97.4 cm³/mol. The van der Waals surface area contributed by atoms with E-state index in [9.17, 15) is 14.9 Å². The van der Waals surface area contributed by atoms with Gasteiger partial charge in [0.2, 0.25) is 5.91 Å². The molecular formula is C19H21N3O5. The number of non-ortho nitro benzene ring substituents is 1. The molecule has 27 heavy (non-hydrogen) atoms. The maximum atomic E-state index is 13.2. The van der Waals surface area contributed by atoms with E-state index in [1.54, 1.807) is 36.4 Å². The number of ether oxygens (including phenoxy) is 1. The van der Waals surface area contributed by atoms with Gasteiger partial charge in [0.25, 0.3) is 5.69 Å². The normalized spacial score (nSPS) is 21.3. The Morgan fingerprint density at radius 1 is 1.41 bits per heavy atom. The summed E-state index contributed by atoms with van der Waals surface area (Å²) in [6.07, 6.45) is 2.04. The number of rotatable bonds is 4. The van der Waals surface area contributed by atoms with Crippen LogP contribution in [0, 0.1) is 16.0 Å². The maximum Gasteiger partial charge on any atom is 0.269 e. The van der Waals surface area contributed by atoms with Crippen LogP contribution in [-0.4, -0.2) is 48.6 Å². The highest BCUT2D eigenvalue weighted by atomic mass is 16.6. The number of nitrogens with zero attached hydrogens (tertiary/aromatic N) is 3. The van der Waals surface area contributed by atoms with E-state index in [0.29, 0.717) is 32.7 Å². The number of morpholine rings is 1. The van der Waals surface area contributed by atoms with Gasteiger partial charge in [-0.25, -0.2) is 0 Å². The van der Waals surface area contributed by atoms with Crippen molar-refractivity contribution in [1.82, 2.24) is 4.90 Å². The van der Waals surface area contributed by atoms with Crippen LogP contribution in [0.5, 0.6) is 0 Å². The molecule has 4 rings (SSSR count). The summed E-state index contributed by atoms with van der Waals surface area (Å²) in [7, 11) is 1.75. The number of amides is 1. The topological polar surface area (TPSA) is 89.1 Å². The Balaban J connectivity index is 1.63. The average molecular weight is 371 g/mol. The Labute approximate surface area is 156 Å². The SMILES string of the molecule is CN(Cc1ccco1)C(=O)[C@@H]1Cc2cc([N+](=O)[O-])ccc2N2CCOC[C@@H]12. The van der Waals surface area contributed by atoms with Crippen LogP contribution in [0.15, 0.2) is 41.0 Å². The van der Waals surface area contributed by atoms with Crippen molar-refractivity contribution in [3.8, 4) is 0 Å². The third kappa shape index (κ3) is 3.28. The molecule has 8 nitrogen and oxygen atoms in total. The Morgan fingerprint density at radius 3 is 3.00 bits per heavy atom. The second-order valence-corrected chi connectivity index (χ2v) is 6.99. The first-order valence-corrected chi connectivity index (χ1v) is 8.93. The Hall–Kier alpha value is -2.87. The summed E-state index contributed by atoms with van der Waals surface area (Å²) in [5, 5.41) is 11.2. The molecule has 0 aliphatic carbocycles. The molecule has 1 fully saturated rings. The van der Waals surface area contributed by atoms with Crippen molar-refractivity contribution in [2.24, 2.45) is 5.92 Å². The molecule has 2 aliphatic heterocycles. The number of furan rings is 1. The first-order valence-electron chi connectivity index (χ1n) is 8.93. The Morgan fingerprint density at radius 2 is 2.26 bits per heavy atom. The van der Waals surface area contributed by atoms with Crippen LogP contribution in [0.4, 0.5) is 11.4 Å². The largest absolute Gasteiger partial charge is 0.467 e. The zero-order valence-corrected chi connectivity index (χ0v) is 15.0. The number of carbonyl (C=O) groups excluding carboxylic acids is 1. The van der Waals surface area contributed by atoms with Gasteiger partial charge in [-0.05, 0) is 30.2 Å². The molecule has 142 valence electrons. The van der Waals surface area contributed by atoms with Gasteiger partial charge < -0.3 is 19.0 Å². The lowest BCUT2D eigenvalue weighted by molar-refractivity contribution is -0.384. The average Bonchev–Trinajstić information content (AvgIpc) is 3.19. The van der Waals surface area contributed by atoms with Crippen LogP contribution in [0.3, 0.4) is 0 Å². The van der Waals surface area contributed by atoms with E-state index < -0.39 is 4.92 Å². The molecule has 2 atom stereocenters. The number of anilines is 1. The van der Waals surface area contributed by atoms with E-state index in [1.807, 2.05) is 6.07 Å². The summed E-state index contributed by atoms with van der Waals surface area (Å²) in [5.41, 5.74) is 1.86. The van der Waals surface area contributed by atoms with Crippen molar-refractivity contribution >= 4 is 17.3 Å². The van der Waals surface area contributed by atoms with E-state index in [-0.39, 0.29) is 23.6 Å². The molecule has 0 radical (unpaired) electrons. The van der Waals surface area contributed by atoms with E-state index in [0.717, 1.165) is 17.0 Å². The lowest BCUT2D eigenvalue weighted by atomic mass is 9.84. The lowest BCUT2D eigenvalue weighted by Crippen LogP contribution is -2.56. The third-order valence-electron chi connectivity index (χ3n) is 5.32. The van der Waals surface area contributed by atoms with Gasteiger partial charge in [0, 0.05) is 31.4 Å². The van der Waals surface area contributed by atoms with E-state index in [1.165, 1.54) is 6.07 Å². The quantitative estimate of drug-likeness (QED) is 0.605. The smallest absolute Gasteiger partial charge is 0.269 e. The molecule has 1 aromatic carbocycles. The van der Waals surface area contributed by atoms with Gasteiger partial charge in [0.1, 0.15) is 5.76 Å². The van der Waals surface area contributed by atoms with Gasteiger partial charge in [-0.1, -0.05) is 0 Å². The van der Waals surface area contributed by atoms with Crippen LogP contribution < -0.4 is 4.90 Å². The van der Waals surface area contributed by atoms with E-state index >= 15 is 0 Å². The van der Waals surface area contributed by atoms with Crippen LogP contribution in [0.2, 0.25) is 0 Å². The lowest BCUT2D eigenvalue weighted by Gasteiger charge is -2.46. The van der Waals surface area contributed by atoms with Crippen molar-refractivity contribution in [3.05, 3.63) is 58.0 Å². The second-order valence-electron chi connectivity index (χ2n) is 6.99. The van der Waals surface area contributed by atoms with Gasteiger partial charge >= 0.3 is 0 Å². The minimum atomic E-state index is -0.397. The summed E-state index contributed by atoms with van der Waals surface area (Å²) in [5.74, 6) is 0.387. The van der Waals surface area contributed by atoms with Gasteiger partial charge in [-0.2, -0.15) is 0 Å². The number of nitro benzene ring substituents is 1. The molecular weight excluding hydrogens is 350 g/mol. The first-order chi connectivity index (χ1) is 13.0. The van der Waals surface area contributed by atoms with Gasteiger partial charge in [-0.15, -0.1) is 0 Å². The summed E-state index contributed by atoms with van der Waals surface area (Å²) in [6, 6.07) is 8.46. The van der Waals surface area contributed by atoms with Crippen molar-refractivity contribution < 1.29 is 18.9 Å². The zero-order chi connectivity index (χ0) is 19.0. The fourth-order valence-corrected chi connectivity index (χ4v) is 4.01. The predicted octanol–water partition coefficient (Wildman–Crippen LogP) is 2.22. The summed E-state index contributed by atoms with van der Waals surface area (Å²) in [6.45, 7) is 2.11. The molecule has 8 heteroatoms. The molecule has 1 amide bonds. The van der Waals surface area contributed by atoms with Crippen LogP contribution >= 0.6 is 0 Å². The second kappa shape index (κ2) is 7.03. The summed E-state index contributed by atoms with van der Waals surface area (Å²) < 4.78 is 11.0. The van der Waals surface area contributed by atoms with Gasteiger partial charge in [0.15, 0.2) is 0 Å². The molecule has 0 bridgehead atoms. The number of carbonyl (C=O) groups is 1. The van der Waals surface area contributed by atoms with Crippen molar-refractivity contribution in [2.45, 2.75) is 19.0 Å². The molecule has 1 saturated heterocycles. The Bertz CT molecular complexity index is 851. The number of fused-ring (bicyclic) bond motifs is 3. The van der Waals surface area contributed by atoms with Crippen molar-refractivity contribution in [1.29, 1.82) is 0 Å². The first kappa shape index (κ1) is 17.5. The molecule has 3 heterocycles. The van der Waals surface area contributed by atoms with Crippen molar-refractivity contribution in [2.75, 3.05) is 31.7 Å². The van der Waals surface area contributed by atoms with Crippen LogP contribution in [0.1, 0.15) is 11.3 Å². The maximum absolute atomic E-state index is 13.2. The fourth-order valence-electron chi connectivity index (χ4n) is 4.01. The Kier molecular flexibility index (Phi) is 4.57. The number of benzene rings is 1. The molecule has 0 spiro atoms. The standard InChI is InChI=1S/C19H21N3O5/c1-20(11-15-3-2-7-27-15)19(23)16-10-13-9-14(22(24)25)4-5-17(13)21-6-8-26-12-18(16)21/h2-5,7,9,16,18H,6,8,10-12H2,1H3/t16-,18+/m1/s1. The molecule has 0 N–H and O–H groups in total. The van der Waals surface area contributed by atoms with Crippen LogP contribution in [-0.2, 0) is 22.5 Å². The highest BCUT2D eigenvalue weighted by Crippen LogP contribution is 2.38. The number of hydrogen-bond acceptors (Lipinski definition) is 6. The van der Waals surface area contributed by atoms with Gasteiger partial charge in [0.05, 0.1) is 42.9 Å². The molecule has 2 aliphatic rings. The van der Waals surface area contributed by atoms with Crippen molar-refractivity contribution in [3.63, 3.8) is 0 Å². The summed E-state index contributed by atoms with van der Waals surface area (Å²) in [4.78, 5) is 27.7. The monoisotopic (exact) mass is 371 g/mol. The zero-order valence-electron chi connectivity index (χ0n) is 15.0. The van der Waals surface area contributed by atoms with Gasteiger partial charge in [-0.3, -0.25) is 14.9 Å². The molecule has 0 saturated carbocycles. The minimum Gasteiger partial charge on any atom is -0.467 e. The number of nitro groups is 1. The fraction of sp³-hybridized carbons (Fsp3) is 0.421. The van der Waals surface area contributed by atoms with Crippen LogP contribution in [0.25, 0.3) is 0 Å². The third-order valence-corrected chi connectivity index (χ3v) is 5.32. The summed E-state index contributed by atoms with van der Waals surface area (Å²) >= 11 is 0. The number of hydrogen-bond donors (Lipinski definition) is 0. The van der Waals surface area contributed by atoms with E-state index in [4.69, 9.17) is 9.15 Å². The highest BCUT2D eigenvalue weighted by Gasteiger charge is 2.41. The molecule has 2 aromatic rings. The van der Waals surface area contributed by atoms with E-state index in [2.05, 4.69) is 4.90 Å². The molecule has 1 aromatic heterocycles. The minimum absolute atomic E-state index is 0.0101.